The molecule has 0 aromatic rings. The van der Waals surface area contributed by atoms with Gasteiger partial charge in [0.15, 0.2) is 0 Å². The molecule has 0 fully saturated rings. The molecule has 0 spiro atoms. The largest absolute Gasteiger partial charge is 0.481 e. The Morgan fingerprint density at radius 2 is 1.82 bits per heavy atom. The average molecular weight is 306 g/mol. The molecule has 1 atom stereocenters. The van der Waals surface area contributed by atoms with Crippen molar-refractivity contribution < 1.29 is 19.4 Å². The van der Waals surface area contributed by atoms with Gasteiger partial charge in [-0.3, -0.25) is 9.59 Å². The Hall–Kier alpha value is -0.190. The minimum absolute atomic E-state index is 0.178. The van der Waals surface area contributed by atoms with Crippen molar-refractivity contribution in [1.82, 2.24) is 0 Å². The molecule has 0 aromatic carbocycles. The van der Waals surface area contributed by atoms with Crippen molar-refractivity contribution in [2.45, 2.75) is 30.5 Å². The van der Waals surface area contributed by atoms with Crippen LogP contribution in [0.1, 0.15) is 26.7 Å². The first-order chi connectivity index (χ1) is 7.61. The summed E-state index contributed by atoms with van der Waals surface area (Å²) in [5.74, 6) is -2.29. The SMILES string of the molecule is CC(C)CC(CC(=O)OCC(Cl)(Cl)Cl)C(=O)O. The number of alkyl halides is 3. The first-order valence-electron chi connectivity index (χ1n) is 5.07. The first-order valence-corrected chi connectivity index (χ1v) is 6.20. The van der Waals surface area contributed by atoms with Gasteiger partial charge in [-0.15, -0.1) is 0 Å². The zero-order valence-electron chi connectivity index (χ0n) is 9.58. The lowest BCUT2D eigenvalue weighted by molar-refractivity contribution is -0.152. The molecule has 0 aromatic heterocycles. The zero-order valence-corrected chi connectivity index (χ0v) is 11.8. The molecule has 0 aliphatic carbocycles. The number of aliphatic carboxylic acids is 1. The molecule has 0 bridgehead atoms. The molecule has 100 valence electrons. The second kappa shape index (κ2) is 7.29. The summed E-state index contributed by atoms with van der Waals surface area (Å²) in [5.41, 5.74) is 0. The Bertz CT molecular complexity index is 273. The minimum atomic E-state index is -1.67. The summed E-state index contributed by atoms with van der Waals surface area (Å²) in [5, 5.41) is 8.91. The number of hydrogen-bond acceptors (Lipinski definition) is 3. The summed E-state index contributed by atoms with van der Waals surface area (Å²) in [6.45, 7) is 3.37. The predicted octanol–water partition coefficient (Wildman–Crippen LogP) is 3.04. The number of hydrogen-bond donors (Lipinski definition) is 1. The van der Waals surface area contributed by atoms with Crippen LogP contribution in [0, 0.1) is 11.8 Å². The molecule has 0 saturated carbocycles. The lowest BCUT2D eigenvalue weighted by Crippen LogP contribution is -2.23. The number of carbonyl (C=O) groups is 2. The molecule has 0 radical (unpaired) electrons. The fraction of sp³-hybridized carbons (Fsp3) is 0.800. The van der Waals surface area contributed by atoms with E-state index in [1.54, 1.807) is 0 Å². The summed E-state index contributed by atoms with van der Waals surface area (Å²) < 4.78 is 3.00. The maximum Gasteiger partial charge on any atom is 0.307 e. The van der Waals surface area contributed by atoms with Gasteiger partial charge in [0.25, 0.3) is 0 Å². The summed E-state index contributed by atoms with van der Waals surface area (Å²) >= 11 is 16.2. The summed E-state index contributed by atoms with van der Waals surface area (Å²) in [6, 6.07) is 0. The van der Waals surface area contributed by atoms with E-state index in [9.17, 15) is 9.59 Å². The van der Waals surface area contributed by atoms with Crippen LogP contribution in [0.3, 0.4) is 0 Å². The smallest absolute Gasteiger partial charge is 0.307 e. The minimum Gasteiger partial charge on any atom is -0.481 e. The molecule has 7 heteroatoms. The third kappa shape index (κ3) is 9.51. The van der Waals surface area contributed by atoms with Gasteiger partial charge in [0.05, 0.1) is 12.3 Å². The maximum atomic E-state index is 11.3. The third-order valence-electron chi connectivity index (χ3n) is 1.92. The normalized spacial score (nSPS) is 13.5. The molecular weight excluding hydrogens is 290 g/mol. The molecule has 0 amide bonds. The van der Waals surface area contributed by atoms with Crippen LogP contribution in [0.4, 0.5) is 0 Å². The fourth-order valence-corrected chi connectivity index (χ4v) is 1.43. The van der Waals surface area contributed by atoms with Gasteiger partial charge in [-0.05, 0) is 12.3 Å². The topological polar surface area (TPSA) is 63.6 Å². The summed E-state index contributed by atoms with van der Waals surface area (Å²) in [4.78, 5) is 22.2. The average Bonchev–Trinajstić information content (AvgIpc) is 2.11. The lowest BCUT2D eigenvalue weighted by Gasteiger charge is -2.15. The van der Waals surface area contributed by atoms with Crippen molar-refractivity contribution in [1.29, 1.82) is 0 Å². The highest BCUT2D eigenvalue weighted by molar-refractivity contribution is 6.67. The van der Waals surface area contributed by atoms with Crippen LogP contribution in [0.15, 0.2) is 0 Å². The van der Waals surface area contributed by atoms with E-state index in [0.717, 1.165) is 0 Å². The molecule has 1 unspecified atom stereocenters. The van der Waals surface area contributed by atoms with Crippen LogP contribution in [0.2, 0.25) is 0 Å². The molecule has 0 rings (SSSR count). The quantitative estimate of drug-likeness (QED) is 0.605. The predicted molar refractivity (Wildman–Crippen MR) is 66.4 cm³/mol. The van der Waals surface area contributed by atoms with Crippen molar-refractivity contribution in [3.05, 3.63) is 0 Å². The van der Waals surface area contributed by atoms with E-state index in [0.29, 0.717) is 6.42 Å². The van der Waals surface area contributed by atoms with Crippen LogP contribution < -0.4 is 0 Å². The van der Waals surface area contributed by atoms with E-state index in [-0.39, 0.29) is 18.9 Å². The molecule has 0 aliphatic heterocycles. The Labute approximate surface area is 115 Å². The van der Waals surface area contributed by atoms with E-state index >= 15 is 0 Å². The number of carbonyl (C=O) groups excluding carboxylic acids is 1. The second-order valence-corrected chi connectivity index (χ2v) is 6.66. The van der Waals surface area contributed by atoms with E-state index < -0.39 is 21.6 Å². The van der Waals surface area contributed by atoms with Crippen LogP contribution in [0.25, 0.3) is 0 Å². The second-order valence-electron chi connectivity index (χ2n) is 4.14. The van der Waals surface area contributed by atoms with E-state index in [1.165, 1.54) is 0 Å². The molecular formula is C10H15Cl3O4. The number of esters is 1. The summed E-state index contributed by atoms with van der Waals surface area (Å²) in [7, 11) is 0. The van der Waals surface area contributed by atoms with Gasteiger partial charge in [0.2, 0.25) is 3.79 Å². The Kier molecular flexibility index (Phi) is 7.21. The maximum absolute atomic E-state index is 11.3. The van der Waals surface area contributed by atoms with Crippen molar-refractivity contribution in [2.24, 2.45) is 11.8 Å². The fourth-order valence-electron chi connectivity index (χ4n) is 1.26. The number of carboxylic acids is 1. The molecule has 4 nitrogen and oxygen atoms in total. The Balaban J connectivity index is 4.18. The van der Waals surface area contributed by atoms with E-state index in [4.69, 9.17) is 39.9 Å². The van der Waals surface area contributed by atoms with Gasteiger partial charge in [-0.1, -0.05) is 48.7 Å². The molecule has 0 saturated heterocycles. The van der Waals surface area contributed by atoms with Crippen molar-refractivity contribution in [3.63, 3.8) is 0 Å². The number of halogens is 3. The highest BCUT2D eigenvalue weighted by atomic mass is 35.6. The van der Waals surface area contributed by atoms with E-state index in [1.807, 2.05) is 13.8 Å². The van der Waals surface area contributed by atoms with Gasteiger partial charge in [0, 0.05) is 0 Å². The van der Waals surface area contributed by atoms with Gasteiger partial charge >= 0.3 is 11.9 Å². The van der Waals surface area contributed by atoms with E-state index in [2.05, 4.69) is 4.74 Å². The van der Waals surface area contributed by atoms with Crippen molar-refractivity contribution in [2.75, 3.05) is 6.61 Å². The molecule has 1 N–H and O–H groups in total. The lowest BCUT2D eigenvalue weighted by atomic mass is 9.94. The van der Waals surface area contributed by atoms with Gasteiger partial charge < -0.3 is 9.84 Å². The number of rotatable bonds is 6. The molecule has 0 heterocycles. The highest BCUT2D eigenvalue weighted by Crippen LogP contribution is 2.26. The number of carboxylic acid groups (broad SMARTS) is 1. The molecule has 0 aliphatic rings. The Morgan fingerprint density at radius 1 is 1.29 bits per heavy atom. The standard InChI is InChI=1S/C10H15Cl3O4/c1-6(2)3-7(9(15)16)4-8(14)17-5-10(11,12)13/h6-7H,3-5H2,1-2H3,(H,15,16). The first kappa shape index (κ1) is 16.8. The van der Waals surface area contributed by atoms with Crippen LogP contribution in [0.5, 0.6) is 0 Å². The van der Waals surface area contributed by atoms with Gasteiger partial charge in [-0.2, -0.15) is 0 Å². The highest BCUT2D eigenvalue weighted by Gasteiger charge is 2.26. The van der Waals surface area contributed by atoms with Crippen LogP contribution in [-0.2, 0) is 14.3 Å². The third-order valence-corrected chi connectivity index (χ3v) is 2.24. The number of ether oxygens (including phenoxy) is 1. The van der Waals surface area contributed by atoms with Crippen LogP contribution >= 0.6 is 34.8 Å². The van der Waals surface area contributed by atoms with Crippen LogP contribution in [-0.4, -0.2) is 27.4 Å². The Morgan fingerprint density at radius 3 is 2.18 bits per heavy atom. The van der Waals surface area contributed by atoms with Gasteiger partial charge in [-0.25, -0.2) is 0 Å². The zero-order chi connectivity index (χ0) is 13.6. The van der Waals surface area contributed by atoms with Crippen molar-refractivity contribution in [3.8, 4) is 0 Å². The summed E-state index contributed by atoms with van der Waals surface area (Å²) in [6.07, 6.45) is 0.187. The monoisotopic (exact) mass is 304 g/mol. The van der Waals surface area contributed by atoms with Gasteiger partial charge in [0.1, 0.15) is 6.61 Å². The molecule has 17 heavy (non-hydrogen) atoms. The van der Waals surface area contributed by atoms with Crippen molar-refractivity contribution >= 4 is 46.7 Å².